The Bertz CT molecular complexity index is 649. The van der Waals surface area contributed by atoms with Crippen LogP contribution >= 0.6 is 0 Å². The normalized spacial score (nSPS) is 17.6. The lowest BCUT2D eigenvalue weighted by Gasteiger charge is -2.37. The Labute approximate surface area is 141 Å². The highest BCUT2D eigenvalue weighted by Crippen LogP contribution is 2.13. The zero-order chi connectivity index (χ0) is 16.9. The van der Waals surface area contributed by atoms with E-state index in [0.717, 1.165) is 38.5 Å². The highest BCUT2D eigenvalue weighted by atomic mass is 19.1. The van der Waals surface area contributed by atoms with Crippen molar-refractivity contribution < 1.29 is 13.6 Å². The molecule has 1 aliphatic heterocycles. The van der Waals surface area contributed by atoms with Gasteiger partial charge >= 0.3 is 0 Å². The molecule has 0 saturated carbocycles. The molecule has 0 spiro atoms. The van der Waals surface area contributed by atoms with E-state index in [4.69, 9.17) is 4.42 Å². The van der Waals surface area contributed by atoms with Crippen molar-refractivity contribution >= 4 is 11.6 Å². The molecule has 0 bridgehead atoms. The number of amides is 1. The summed E-state index contributed by atoms with van der Waals surface area (Å²) in [4.78, 5) is 16.8. The molecule has 3 rings (SSSR count). The van der Waals surface area contributed by atoms with Gasteiger partial charge in [0.25, 0.3) is 0 Å². The SMILES string of the molecule is C[C@H](C(=O)Nc1ccc(F)cc1)N1CCN(Cc2ccco2)CC1. The van der Waals surface area contributed by atoms with Crippen LogP contribution in [0.15, 0.2) is 47.1 Å². The molecule has 0 aliphatic carbocycles. The number of carbonyl (C=O) groups is 1. The molecule has 1 saturated heterocycles. The van der Waals surface area contributed by atoms with Crippen molar-refractivity contribution in [2.24, 2.45) is 0 Å². The molecule has 1 atom stereocenters. The van der Waals surface area contributed by atoms with Gasteiger partial charge in [-0.1, -0.05) is 0 Å². The molecule has 1 fully saturated rings. The van der Waals surface area contributed by atoms with Gasteiger partial charge in [-0.25, -0.2) is 4.39 Å². The third-order valence-corrected chi connectivity index (χ3v) is 4.41. The second-order valence-corrected chi connectivity index (χ2v) is 6.06. The maximum atomic E-state index is 12.9. The van der Waals surface area contributed by atoms with Gasteiger partial charge in [-0.15, -0.1) is 0 Å². The minimum Gasteiger partial charge on any atom is -0.468 e. The molecule has 2 heterocycles. The van der Waals surface area contributed by atoms with E-state index in [2.05, 4.69) is 15.1 Å². The Morgan fingerprint density at radius 2 is 1.92 bits per heavy atom. The second-order valence-electron chi connectivity index (χ2n) is 6.06. The summed E-state index contributed by atoms with van der Waals surface area (Å²) in [5, 5.41) is 2.84. The molecule has 6 heteroatoms. The van der Waals surface area contributed by atoms with Crippen LogP contribution in [-0.2, 0) is 11.3 Å². The first-order valence-corrected chi connectivity index (χ1v) is 8.17. The van der Waals surface area contributed by atoms with Gasteiger partial charge in [-0.05, 0) is 43.3 Å². The highest BCUT2D eigenvalue weighted by Gasteiger charge is 2.25. The van der Waals surface area contributed by atoms with E-state index in [1.165, 1.54) is 12.1 Å². The molecule has 5 nitrogen and oxygen atoms in total. The molecular formula is C18H22FN3O2. The second kappa shape index (κ2) is 7.59. The molecule has 0 unspecified atom stereocenters. The molecule has 1 aliphatic rings. The van der Waals surface area contributed by atoms with E-state index >= 15 is 0 Å². The fourth-order valence-electron chi connectivity index (χ4n) is 2.88. The van der Waals surface area contributed by atoms with Gasteiger partial charge < -0.3 is 9.73 Å². The number of nitrogens with one attached hydrogen (secondary N) is 1. The minimum absolute atomic E-state index is 0.0684. The number of hydrogen-bond acceptors (Lipinski definition) is 4. The maximum Gasteiger partial charge on any atom is 0.241 e. The summed E-state index contributed by atoms with van der Waals surface area (Å²) in [7, 11) is 0. The first-order chi connectivity index (χ1) is 11.6. The third-order valence-electron chi connectivity index (χ3n) is 4.41. The Morgan fingerprint density at radius 1 is 1.21 bits per heavy atom. The zero-order valence-corrected chi connectivity index (χ0v) is 13.7. The summed E-state index contributed by atoms with van der Waals surface area (Å²) in [6.07, 6.45) is 1.69. The molecule has 0 radical (unpaired) electrons. The molecule has 128 valence electrons. The van der Waals surface area contributed by atoms with Gasteiger partial charge in [0.1, 0.15) is 11.6 Å². The van der Waals surface area contributed by atoms with E-state index in [9.17, 15) is 9.18 Å². The molecule has 1 amide bonds. The van der Waals surface area contributed by atoms with Gasteiger partial charge in [0.15, 0.2) is 0 Å². The van der Waals surface area contributed by atoms with Crippen molar-refractivity contribution in [2.45, 2.75) is 19.5 Å². The maximum absolute atomic E-state index is 12.9. The fourth-order valence-corrected chi connectivity index (χ4v) is 2.88. The monoisotopic (exact) mass is 331 g/mol. The van der Waals surface area contributed by atoms with Crippen LogP contribution in [0.5, 0.6) is 0 Å². The molecule has 1 aromatic heterocycles. The van der Waals surface area contributed by atoms with Crippen LogP contribution in [0.3, 0.4) is 0 Å². The summed E-state index contributed by atoms with van der Waals surface area (Å²) in [5.74, 6) is 0.584. The number of rotatable bonds is 5. The van der Waals surface area contributed by atoms with Gasteiger partial charge in [0.05, 0.1) is 18.8 Å². The van der Waals surface area contributed by atoms with Crippen LogP contribution < -0.4 is 5.32 Å². The Hall–Kier alpha value is -2.18. The average Bonchev–Trinajstić information content (AvgIpc) is 3.10. The summed E-state index contributed by atoms with van der Waals surface area (Å²) in [6, 6.07) is 9.48. The summed E-state index contributed by atoms with van der Waals surface area (Å²) in [6.45, 7) is 6.17. The van der Waals surface area contributed by atoms with Crippen LogP contribution in [0.25, 0.3) is 0 Å². The Morgan fingerprint density at radius 3 is 2.54 bits per heavy atom. The molecule has 24 heavy (non-hydrogen) atoms. The number of carbonyl (C=O) groups excluding carboxylic acids is 1. The fraction of sp³-hybridized carbons (Fsp3) is 0.389. The predicted octanol–water partition coefficient (Wildman–Crippen LogP) is 2.56. The largest absolute Gasteiger partial charge is 0.468 e. The van der Waals surface area contributed by atoms with Gasteiger partial charge in [0, 0.05) is 31.9 Å². The van der Waals surface area contributed by atoms with E-state index in [0.29, 0.717) is 5.69 Å². The van der Waals surface area contributed by atoms with Crippen LogP contribution in [0, 0.1) is 5.82 Å². The zero-order valence-electron chi connectivity index (χ0n) is 13.7. The number of benzene rings is 1. The van der Waals surface area contributed by atoms with E-state index in [1.54, 1.807) is 18.4 Å². The molecule has 2 aromatic rings. The van der Waals surface area contributed by atoms with Gasteiger partial charge in [-0.3, -0.25) is 14.6 Å². The summed E-state index contributed by atoms with van der Waals surface area (Å²) in [5.41, 5.74) is 0.615. The third kappa shape index (κ3) is 4.21. The van der Waals surface area contributed by atoms with Crippen LogP contribution in [-0.4, -0.2) is 47.9 Å². The standard InChI is InChI=1S/C18H22FN3O2/c1-14(18(23)20-16-6-4-15(19)5-7-16)22-10-8-21(9-11-22)13-17-3-2-12-24-17/h2-7,12,14H,8-11,13H2,1H3,(H,20,23)/t14-/m1/s1. The lowest BCUT2D eigenvalue weighted by atomic mass is 10.2. The first kappa shape index (κ1) is 16.7. The lowest BCUT2D eigenvalue weighted by Crippen LogP contribution is -2.52. The van der Waals surface area contributed by atoms with Crippen molar-refractivity contribution in [3.05, 3.63) is 54.2 Å². The van der Waals surface area contributed by atoms with Crippen LogP contribution in [0.1, 0.15) is 12.7 Å². The number of piperazine rings is 1. The van der Waals surface area contributed by atoms with Crippen molar-refractivity contribution in [2.75, 3.05) is 31.5 Å². The number of nitrogens with zero attached hydrogens (tertiary/aromatic N) is 2. The average molecular weight is 331 g/mol. The smallest absolute Gasteiger partial charge is 0.241 e. The Kier molecular flexibility index (Phi) is 5.27. The van der Waals surface area contributed by atoms with Crippen molar-refractivity contribution in [3.8, 4) is 0 Å². The van der Waals surface area contributed by atoms with Crippen molar-refractivity contribution in [1.29, 1.82) is 0 Å². The number of anilines is 1. The quantitative estimate of drug-likeness (QED) is 0.915. The summed E-state index contributed by atoms with van der Waals surface area (Å²) >= 11 is 0. The van der Waals surface area contributed by atoms with E-state index in [1.807, 2.05) is 19.1 Å². The number of hydrogen-bond donors (Lipinski definition) is 1. The summed E-state index contributed by atoms with van der Waals surface area (Å²) < 4.78 is 18.3. The topological polar surface area (TPSA) is 48.7 Å². The minimum atomic E-state index is -0.311. The van der Waals surface area contributed by atoms with Crippen LogP contribution in [0.4, 0.5) is 10.1 Å². The lowest BCUT2D eigenvalue weighted by molar-refractivity contribution is -0.121. The van der Waals surface area contributed by atoms with E-state index < -0.39 is 0 Å². The van der Waals surface area contributed by atoms with Gasteiger partial charge in [-0.2, -0.15) is 0 Å². The van der Waals surface area contributed by atoms with Crippen LogP contribution in [0.2, 0.25) is 0 Å². The molecular weight excluding hydrogens is 309 g/mol. The van der Waals surface area contributed by atoms with E-state index in [-0.39, 0.29) is 17.8 Å². The van der Waals surface area contributed by atoms with Crippen molar-refractivity contribution in [3.63, 3.8) is 0 Å². The predicted molar refractivity (Wildman–Crippen MR) is 90.0 cm³/mol. The molecule has 1 N–H and O–H groups in total. The van der Waals surface area contributed by atoms with Gasteiger partial charge in [0.2, 0.25) is 5.91 Å². The first-order valence-electron chi connectivity index (χ1n) is 8.17. The number of halogens is 1. The number of furan rings is 1. The van der Waals surface area contributed by atoms with Crippen molar-refractivity contribution in [1.82, 2.24) is 9.80 Å². The Balaban J connectivity index is 1.48. The molecule has 1 aromatic carbocycles. The highest BCUT2D eigenvalue weighted by molar-refractivity contribution is 5.94.